The Balaban J connectivity index is 0.000000189. The number of aldehydes is 1. The number of methoxy groups -OCH3 is 2. The molecule has 0 radical (unpaired) electrons. The Morgan fingerprint density at radius 2 is 1.64 bits per heavy atom. The number of hydrogen-bond donors (Lipinski definition) is 2. The molecule has 1 aliphatic heterocycles. The highest BCUT2D eigenvalue weighted by Gasteiger charge is 2.12. The van der Waals surface area contributed by atoms with Gasteiger partial charge in [-0.3, -0.25) is 4.79 Å². The number of benzene rings is 2. The molecule has 0 aliphatic carbocycles. The van der Waals surface area contributed by atoms with Crippen LogP contribution in [0.25, 0.3) is 11.3 Å². The zero-order chi connectivity index (χ0) is 23.5. The Kier molecular flexibility index (Phi) is 9.65. The fourth-order valence-corrected chi connectivity index (χ4v) is 4.02. The van der Waals surface area contributed by atoms with Gasteiger partial charge in [-0.2, -0.15) is 0 Å². The molecule has 0 atom stereocenters. The third-order valence-electron chi connectivity index (χ3n) is 5.33. The summed E-state index contributed by atoms with van der Waals surface area (Å²) in [6.07, 6.45) is 5.05. The minimum absolute atomic E-state index is 0.533. The van der Waals surface area contributed by atoms with Crippen LogP contribution in [0.15, 0.2) is 53.7 Å². The Bertz CT molecular complexity index is 980. The number of carbonyl (C=O) groups excluding carboxylic acids is 1. The van der Waals surface area contributed by atoms with Crippen molar-refractivity contribution in [2.24, 2.45) is 0 Å². The van der Waals surface area contributed by atoms with E-state index in [9.17, 15) is 4.79 Å². The van der Waals surface area contributed by atoms with Gasteiger partial charge in [-0.25, -0.2) is 4.98 Å². The summed E-state index contributed by atoms with van der Waals surface area (Å²) in [6, 6.07) is 15.7. The van der Waals surface area contributed by atoms with Gasteiger partial charge >= 0.3 is 0 Å². The number of nitrogens with one attached hydrogen (secondary N) is 2. The lowest BCUT2D eigenvalue weighted by molar-refractivity contribution is 0.112. The molecular weight excluding hydrogens is 436 g/mol. The number of carbonyl (C=O) groups is 1. The smallest absolute Gasteiger partial charge is 0.168 e. The Hall–Kier alpha value is -2.97. The van der Waals surface area contributed by atoms with E-state index in [0.717, 1.165) is 60.4 Å². The van der Waals surface area contributed by atoms with E-state index in [1.807, 2.05) is 42.7 Å². The number of aromatic nitrogens is 2. The first-order chi connectivity index (χ1) is 16.2. The highest BCUT2D eigenvalue weighted by Crippen LogP contribution is 2.29. The molecule has 7 nitrogen and oxygen atoms in total. The first kappa shape index (κ1) is 24.7. The van der Waals surface area contributed by atoms with Crippen LogP contribution < -0.4 is 19.7 Å². The maximum Gasteiger partial charge on any atom is 0.168 e. The fourth-order valence-electron chi connectivity index (χ4n) is 3.62. The number of aromatic amines is 1. The molecule has 1 saturated heterocycles. The maximum absolute atomic E-state index is 10.8. The zero-order valence-electron chi connectivity index (χ0n) is 19.5. The Morgan fingerprint density at radius 3 is 2.18 bits per heavy atom. The van der Waals surface area contributed by atoms with Crippen molar-refractivity contribution >= 4 is 23.7 Å². The number of hydrogen-bond acceptors (Lipinski definition) is 7. The number of nitrogens with zero attached hydrogens (tertiary/aromatic N) is 2. The van der Waals surface area contributed by atoms with Gasteiger partial charge in [0.1, 0.15) is 22.9 Å². The topological polar surface area (TPSA) is 79.5 Å². The SMILES string of the molecule is COc1cc(OC)cc(N2CCCNCCC2)c1.CSc1nc(-c2ccccc2)c(C=O)[nH]1. The van der Waals surface area contributed by atoms with Crippen molar-refractivity contribution in [3.63, 3.8) is 0 Å². The minimum Gasteiger partial charge on any atom is -0.497 e. The second-order valence-corrected chi connectivity index (χ2v) is 8.30. The summed E-state index contributed by atoms with van der Waals surface area (Å²) in [6.45, 7) is 4.34. The maximum atomic E-state index is 10.8. The van der Waals surface area contributed by atoms with E-state index in [2.05, 4.69) is 32.3 Å². The second-order valence-electron chi connectivity index (χ2n) is 7.51. The van der Waals surface area contributed by atoms with Gasteiger partial charge < -0.3 is 24.7 Å². The van der Waals surface area contributed by atoms with Crippen LogP contribution in [0.5, 0.6) is 11.5 Å². The number of imidazole rings is 1. The highest BCUT2D eigenvalue weighted by molar-refractivity contribution is 7.98. The molecule has 1 aliphatic rings. The molecule has 2 aromatic carbocycles. The van der Waals surface area contributed by atoms with Gasteiger partial charge in [-0.05, 0) is 32.2 Å². The van der Waals surface area contributed by atoms with Crippen LogP contribution in [-0.4, -0.2) is 62.9 Å². The molecule has 1 fully saturated rings. The van der Waals surface area contributed by atoms with Crippen molar-refractivity contribution in [3.8, 4) is 22.8 Å². The second kappa shape index (κ2) is 12.9. The fraction of sp³-hybridized carbons (Fsp3) is 0.360. The van der Waals surface area contributed by atoms with E-state index in [1.54, 1.807) is 14.2 Å². The highest BCUT2D eigenvalue weighted by atomic mass is 32.2. The number of thioether (sulfide) groups is 1. The Morgan fingerprint density at radius 1 is 1.00 bits per heavy atom. The summed E-state index contributed by atoms with van der Waals surface area (Å²) in [7, 11) is 3.38. The standard InChI is InChI=1S/C14H22N2O2.C11H10N2OS/c1-17-13-9-12(10-14(11-13)18-2)16-7-3-5-15-6-4-8-16;1-15-11-12-9(7-14)10(13-11)8-5-3-2-4-6-8/h9-11,15H,3-8H2,1-2H3;2-7H,1H3,(H,12,13). The molecule has 0 unspecified atom stereocenters. The van der Waals surface area contributed by atoms with Crippen molar-refractivity contribution in [1.29, 1.82) is 0 Å². The number of H-pyrrole nitrogens is 1. The van der Waals surface area contributed by atoms with E-state index < -0.39 is 0 Å². The van der Waals surface area contributed by atoms with E-state index in [0.29, 0.717) is 5.69 Å². The molecule has 4 rings (SSSR count). The molecule has 0 bridgehead atoms. The van der Waals surface area contributed by atoms with Crippen LogP contribution in [-0.2, 0) is 0 Å². The van der Waals surface area contributed by atoms with Crippen molar-refractivity contribution in [1.82, 2.24) is 15.3 Å². The first-order valence-corrected chi connectivity index (χ1v) is 12.2. The van der Waals surface area contributed by atoms with Gasteiger partial charge in [0, 0.05) is 42.5 Å². The molecule has 8 heteroatoms. The summed E-state index contributed by atoms with van der Waals surface area (Å²) in [4.78, 5) is 20.6. The lowest BCUT2D eigenvalue weighted by Gasteiger charge is -2.27. The molecule has 1 aromatic heterocycles. The number of anilines is 1. The number of rotatable bonds is 6. The van der Waals surface area contributed by atoms with Crippen molar-refractivity contribution in [3.05, 3.63) is 54.2 Å². The molecule has 176 valence electrons. The van der Waals surface area contributed by atoms with Crippen LogP contribution in [0.3, 0.4) is 0 Å². The minimum atomic E-state index is 0.533. The lowest BCUT2D eigenvalue weighted by Crippen LogP contribution is -2.33. The molecular formula is C25H32N4O3S. The molecule has 2 heterocycles. The van der Waals surface area contributed by atoms with Gasteiger partial charge in [0.05, 0.1) is 14.2 Å². The summed E-state index contributed by atoms with van der Waals surface area (Å²) >= 11 is 1.49. The summed E-state index contributed by atoms with van der Waals surface area (Å²) in [5.74, 6) is 1.70. The van der Waals surface area contributed by atoms with E-state index in [1.165, 1.54) is 30.3 Å². The van der Waals surface area contributed by atoms with Crippen molar-refractivity contribution < 1.29 is 14.3 Å². The van der Waals surface area contributed by atoms with E-state index in [-0.39, 0.29) is 0 Å². The quantitative estimate of drug-likeness (QED) is 0.407. The monoisotopic (exact) mass is 468 g/mol. The van der Waals surface area contributed by atoms with Gasteiger partial charge in [-0.1, -0.05) is 42.1 Å². The van der Waals surface area contributed by atoms with Crippen LogP contribution in [0.1, 0.15) is 23.3 Å². The molecule has 0 spiro atoms. The summed E-state index contributed by atoms with van der Waals surface area (Å²) in [5, 5.41) is 4.19. The zero-order valence-corrected chi connectivity index (χ0v) is 20.3. The molecule has 3 aromatic rings. The molecule has 0 saturated carbocycles. The lowest BCUT2D eigenvalue weighted by atomic mass is 10.1. The van der Waals surface area contributed by atoms with E-state index in [4.69, 9.17) is 9.47 Å². The Labute approximate surface area is 199 Å². The summed E-state index contributed by atoms with van der Waals surface area (Å²) < 4.78 is 10.7. The average Bonchev–Trinajstić information content (AvgIpc) is 3.28. The first-order valence-electron chi connectivity index (χ1n) is 11.0. The predicted octanol–water partition coefficient (Wildman–Crippen LogP) is 4.50. The summed E-state index contributed by atoms with van der Waals surface area (Å²) in [5.41, 5.74) is 3.39. The third-order valence-corrected chi connectivity index (χ3v) is 5.91. The molecule has 0 amide bonds. The van der Waals surface area contributed by atoms with Crippen LogP contribution in [0, 0.1) is 0 Å². The largest absolute Gasteiger partial charge is 0.497 e. The predicted molar refractivity (Wildman–Crippen MR) is 135 cm³/mol. The van der Waals surface area contributed by atoms with Crippen LogP contribution in [0.2, 0.25) is 0 Å². The van der Waals surface area contributed by atoms with Crippen molar-refractivity contribution in [2.45, 2.75) is 18.0 Å². The van der Waals surface area contributed by atoms with Gasteiger partial charge in [0.15, 0.2) is 11.4 Å². The van der Waals surface area contributed by atoms with Crippen LogP contribution >= 0.6 is 11.8 Å². The van der Waals surface area contributed by atoms with Gasteiger partial charge in [0.2, 0.25) is 0 Å². The third kappa shape index (κ3) is 7.00. The van der Waals surface area contributed by atoms with Crippen LogP contribution in [0.4, 0.5) is 5.69 Å². The molecule has 2 N–H and O–H groups in total. The molecule has 33 heavy (non-hydrogen) atoms. The normalized spacial score (nSPS) is 13.8. The van der Waals surface area contributed by atoms with E-state index >= 15 is 0 Å². The number of ether oxygens (including phenoxy) is 2. The van der Waals surface area contributed by atoms with Crippen molar-refractivity contribution in [2.75, 3.05) is 51.6 Å². The van der Waals surface area contributed by atoms with Gasteiger partial charge in [-0.15, -0.1) is 0 Å². The van der Waals surface area contributed by atoms with Gasteiger partial charge in [0.25, 0.3) is 0 Å². The average molecular weight is 469 g/mol.